The Balaban J connectivity index is 1.64. The number of aromatic amines is 1. The van der Waals surface area contributed by atoms with Crippen molar-refractivity contribution in [3.05, 3.63) is 101 Å². The third-order valence-corrected chi connectivity index (χ3v) is 7.49. The molecule has 3 aromatic carbocycles. The van der Waals surface area contributed by atoms with Crippen LogP contribution < -0.4 is 4.72 Å². The molecule has 0 spiro atoms. The highest BCUT2D eigenvalue weighted by Crippen LogP contribution is 2.33. The highest BCUT2D eigenvalue weighted by Gasteiger charge is 2.26. The summed E-state index contributed by atoms with van der Waals surface area (Å²) in [6.07, 6.45) is 1.89. The van der Waals surface area contributed by atoms with Crippen molar-refractivity contribution in [1.82, 2.24) is 9.71 Å². The van der Waals surface area contributed by atoms with Crippen LogP contribution in [0.15, 0.2) is 95.3 Å². The number of para-hydroxylation sites is 1. The number of H-pyrrole nitrogens is 1. The Hall–Kier alpha value is -2.93. The van der Waals surface area contributed by atoms with Gasteiger partial charge in [0.05, 0.1) is 10.9 Å². The van der Waals surface area contributed by atoms with Gasteiger partial charge in [-0.25, -0.2) is 8.42 Å². The van der Waals surface area contributed by atoms with E-state index in [0.29, 0.717) is 5.39 Å². The van der Waals surface area contributed by atoms with E-state index in [4.69, 9.17) is 0 Å². The quantitative estimate of drug-likeness (QED) is 0.399. The Labute approximate surface area is 172 Å². The van der Waals surface area contributed by atoms with Crippen LogP contribution in [-0.2, 0) is 10.0 Å². The Morgan fingerprint density at radius 2 is 1.59 bits per heavy atom. The molecule has 0 aliphatic carbocycles. The lowest BCUT2D eigenvalue weighted by Gasteiger charge is -2.18. The number of aromatic nitrogens is 1. The van der Waals surface area contributed by atoms with Crippen molar-refractivity contribution in [3.63, 3.8) is 0 Å². The van der Waals surface area contributed by atoms with Gasteiger partial charge in [0.2, 0.25) is 10.0 Å². The molecule has 0 saturated carbocycles. The summed E-state index contributed by atoms with van der Waals surface area (Å²) in [5.74, 6) is 0. The zero-order valence-electron chi connectivity index (χ0n) is 15.4. The van der Waals surface area contributed by atoms with Crippen LogP contribution in [0.1, 0.15) is 16.5 Å². The minimum Gasteiger partial charge on any atom is -0.361 e. The van der Waals surface area contributed by atoms with E-state index in [0.717, 1.165) is 26.7 Å². The third kappa shape index (κ3) is 3.25. The largest absolute Gasteiger partial charge is 0.361 e. The highest BCUT2D eigenvalue weighted by molar-refractivity contribution is 7.89. The van der Waals surface area contributed by atoms with Crippen molar-refractivity contribution < 1.29 is 8.42 Å². The fourth-order valence-electron chi connectivity index (χ4n) is 3.71. The smallest absolute Gasteiger partial charge is 0.242 e. The molecular weight excluding hydrogens is 400 g/mol. The lowest BCUT2D eigenvalue weighted by molar-refractivity contribution is 0.574. The molecule has 2 aromatic heterocycles. The number of sulfonamides is 1. The van der Waals surface area contributed by atoms with Crippen molar-refractivity contribution in [2.24, 2.45) is 0 Å². The van der Waals surface area contributed by atoms with E-state index in [1.165, 1.54) is 11.3 Å². The number of hydrogen-bond donors (Lipinski definition) is 2. The van der Waals surface area contributed by atoms with Crippen LogP contribution in [-0.4, -0.2) is 13.4 Å². The average molecular weight is 419 g/mol. The van der Waals surface area contributed by atoms with Gasteiger partial charge in [-0.15, -0.1) is 11.3 Å². The third-order valence-electron chi connectivity index (χ3n) is 5.07. The number of nitrogens with one attached hydrogen (secondary N) is 2. The van der Waals surface area contributed by atoms with Crippen LogP contribution in [0.25, 0.3) is 21.7 Å². The molecule has 0 fully saturated rings. The maximum Gasteiger partial charge on any atom is 0.242 e. The van der Waals surface area contributed by atoms with Crippen LogP contribution in [0.4, 0.5) is 0 Å². The van der Waals surface area contributed by atoms with E-state index in [1.807, 2.05) is 78.3 Å². The van der Waals surface area contributed by atoms with Crippen LogP contribution in [0.5, 0.6) is 0 Å². The Kier molecular flexibility index (Phi) is 4.47. The maximum atomic E-state index is 13.5. The molecular formula is C23H18N2O2S2. The second-order valence-corrected chi connectivity index (χ2v) is 9.50. The molecule has 6 heteroatoms. The van der Waals surface area contributed by atoms with Gasteiger partial charge in [0.25, 0.3) is 0 Å². The summed E-state index contributed by atoms with van der Waals surface area (Å²) in [5, 5.41) is 4.58. The highest BCUT2D eigenvalue weighted by atomic mass is 32.2. The molecule has 5 rings (SSSR count). The van der Waals surface area contributed by atoms with Crippen LogP contribution in [0, 0.1) is 0 Å². The van der Waals surface area contributed by atoms with Gasteiger partial charge in [-0.1, -0.05) is 60.7 Å². The van der Waals surface area contributed by atoms with Gasteiger partial charge >= 0.3 is 0 Å². The lowest BCUT2D eigenvalue weighted by atomic mass is 10.1. The van der Waals surface area contributed by atoms with E-state index in [2.05, 4.69) is 9.71 Å². The second kappa shape index (κ2) is 7.15. The van der Waals surface area contributed by atoms with Crippen molar-refractivity contribution in [2.45, 2.75) is 10.9 Å². The average Bonchev–Trinajstić information content (AvgIpc) is 3.42. The van der Waals surface area contributed by atoms with Gasteiger partial charge in [0, 0.05) is 32.9 Å². The van der Waals surface area contributed by atoms with E-state index >= 15 is 0 Å². The molecule has 144 valence electrons. The summed E-state index contributed by atoms with van der Waals surface area (Å²) < 4.78 is 29.9. The predicted molar refractivity (Wildman–Crippen MR) is 119 cm³/mol. The van der Waals surface area contributed by atoms with E-state index in [1.54, 1.807) is 12.1 Å². The molecule has 29 heavy (non-hydrogen) atoms. The fraction of sp³-hybridized carbons (Fsp3) is 0.0435. The van der Waals surface area contributed by atoms with Crippen LogP contribution in [0.3, 0.4) is 0 Å². The molecule has 0 radical (unpaired) electrons. The van der Waals surface area contributed by atoms with Gasteiger partial charge < -0.3 is 4.98 Å². The second-order valence-electron chi connectivity index (χ2n) is 6.84. The molecule has 4 nitrogen and oxygen atoms in total. The summed E-state index contributed by atoms with van der Waals surface area (Å²) in [7, 11) is -3.76. The van der Waals surface area contributed by atoms with Gasteiger partial charge in [-0.05, 0) is 29.0 Å². The number of fused-ring (bicyclic) bond motifs is 2. The molecule has 5 aromatic rings. The summed E-state index contributed by atoms with van der Waals surface area (Å²) in [4.78, 5) is 4.49. The maximum absolute atomic E-state index is 13.5. The summed E-state index contributed by atoms with van der Waals surface area (Å²) in [5.41, 5.74) is 1.89. The van der Waals surface area contributed by atoms with Crippen molar-refractivity contribution in [2.75, 3.05) is 0 Å². The zero-order valence-corrected chi connectivity index (χ0v) is 17.0. The van der Waals surface area contributed by atoms with Crippen molar-refractivity contribution >= 4 is 43.0 Å². The van der Waals surface area contributed by atoms with Gasteiger partial charge in [-0.3, -0.25) is 0 Å². The molecule has 2 N–H and O–H groups in total. The first-order valence-electron chi connectivity index (χ1n) is 9.23. The van der Waals surface area contributed by atoms with Gasteiger partial charge in [0.15, 0.2) is 0 Å². The van der Waals surface area contributed by atoms with E-state index in [9.17, 15) is 8.42 Å². The molecule has 2 heterocycles. The Bertz CT molecular complexity index is 1400. The number of hydrogen-bond acceptors (Lipinski definition) is 3. The number of rotatable bonds is 5. The molecule has 0 bridgehead atoms. The molecule has 1 atom stereocenters. The Morgan fingerprint density at radius 3 is 2.41 bits per heavy atom. The fourth-order valence-corrected chi connectivity index (χ4v) is 6.00. The first kappa shape index (κ1) is 18.1. The minimum atomic E-state index is -3.76. The van der Waals surface area contributed by atoms with E-state index in [-0.39, 0.29) is 4.90 Å². The van der Waals surface area contributed by atoms with Crippen LogP contribution in [0.2, 0.25) is 0 Å². The summed E-state index contributed by atoms with van der Waals surface area (Å²) in [6, 6.07) is 24.2. The predicted octanol–water partition coefficient (Wildman–Crippen LogP) is 5.45. The topological polar surface area (TPSA) is 62.0 Å². The minimum absolute atomic E-state index is 0.289. The van der Waals surface area contributed by atoms with Gasteiger partial charge in [0.1, 0.15) is 0 Å². The molecule has 0 aliphatic rings. The van der Waals surface area contributed by atoms with Crippen molar-refractivity contribution in [1.29, 1.82) is 0 Å². The summed E-state index contributed by atoms with van der Waals surface area (Å²) >= 11 is 1.54. The van der Waals surface area contributed by atoms with Crippen LogP contribution >= 0.6 is 11.3 Å². The van der Waals surface area contributed by atoms with E-state index < -0.39 is 16.1 Å². The summed E-state index contributed by atoms with van der Waals surface area (Å²) in [6.45, 7) is 0. The monoisotopic (exact) mass is 418 g/mol. The molecule has 0 unspecified atom stereocenters. The first-order valence-corrected chi connectivity index (χ1v) is 11.6. The SMILES string of the molecule is O=S(=O)(N[C@H](c1cccs1)c1c[nH]c2ccccc12)c1cccc2ccccc12. The zero-order chi connectivity index (χ0) is 19.8. The number of thiophene rings is 1. The first-order chi connectivity index (χ1) is 14.1. The normalized spacial score (nSPS) is 13.1. The number of benzene rings is 3. The molecule has 0 aliphatic heterocycles. The molecule has 0 amide bonds. The van der Waals surface area contributed by atoms with Crippen molar-refractivity contribution in [3.8, 4) is 0 Å². The lowest BCUT2D eigenvalue weighted by Crippen LogP contribution is -2.29. The molecule has 0 saturated heterocycles. The van der Waals surface area contributed by atoms with Gasteiger partial charge in [-0.2, -0.15) is 4.72 Å². The standard InChI is InChI=1S/C23H18N2O2S2/c26-29(27,22-13-5-8-16-7-1-2-9-17(16)22)25-23(21-12-6-14-28-21)19-15-24-20-11-4-3-10-18(19)20/h1-15,23-25H/t23-/m0/s1. The Morgan fingerprint density at radius 1 is 0.828 bits per heavy atom.